The van der Waals surface area contributed by atoms with Gasteiger partial charge in [-0.05, 0) is 46.7 Å². The lowest BCUT2D eigenvalue weighted by molar-refractivity contribution is 0.190. The van der Waals surface area contributed by atoms with Crippen molar-refractivity contribution in [1.29, 1.82) is 0 Å². The Labute approximate surface area is 142 Å². The summed E-state index contributed by atoms with van der Waals surface area (Å²) in [6.07, 6.45) is 2.49. The summed E-state index contributed by atoms with van der Waals surface area (Å²) in [5.74, 6) is 1.88. The molecule has 1 N–H and O–H groups in total. The van der Waals surface area contributed by atoms with E-state index in [1.54, 1.807) is 0 Å². The van der Waals surface area contributed by atoms with Crippen molar-refractivity contribution in [2.75, 3.05) is 26.7 Å². The van der Waals surface area contributed by atoms with E-state index >= 15 is 0 Å². The first-order chi connectivity index (χ1) is 11.4. The van der Waals surface area contributed by atoms with E-state index in [2.05, 4.69) is 58.9 Å². The van der Waals surface area contributed by atoms with Crippen molar-refractivity contribution in [3.8, 4) is 11.6 Å². The van der Waals surface area contributed by atoms with E-state index in [1.165, 1.54) is 18.5 Å². The molecule has 1 aliphatic carbocycles. The van der Waals surface area contributed by atoms with Crippen LogP contribution in [0.5, 0.6) is 0 Å². The van der Waals surface area contributed by atoms with Crippen LogP contribution >= 0.6 is 0 Å². The molecule has 1 saturated heterocycles. The van der Waals surface area contributed by atoms with Crippen LogP contribution in [0, 0.1) is 0 Å². The zero-order valence-corrected chi connectivity index (χ0v) is 14.9. The zero-order chi connectivity index (χ0) is 16.9. The maximum atomic E-state index is 5.54. The minimum absolute atomic E-state index is 0.0491. The van der Waals surface area contributed by atoms with E-state index in [9.17, 15) is 0 Å². The number of piperazine rings is 1. The highest BCUT2D eigenvalue weighted by Gasteiger charge is 2.33. The Balaban J connectivity index is 1.65. The molecule has 24 heavy (non-hydrogen) atoms. The summed E-state index contributed by atoms with van der Waals surface area (Å²) in [7, 11) is 2.10. The van der Waals surface area contributed by atoms with Gasteiger partial charge in [-0.3, -0.25) is 9.58 Å². The normalized spacial score (nSPS) is 22.9. The van der Waals surface area contributed by atoms with Gasteiger partial charge in [0.1, 0.15) is 0 Å². The molecular weight excluding hydrogens is 304 g/mol. The molecule has 2 fully saturated rings. The lowest BCUT2D eigenvalue weighted by Crippen LogP contribution is -2.44. The van der Waals surface area contributed by atoms with Crippen LogP contribution in [0.1, 0.15) is 57.1 Å². The van der Waals surface area contributed by atoms with Crippen LogP contribution in [0.25, 0.3) is 11.6 Å². The zero-order valence-electron chi connectivity index (χ0n) is 14.9. The van der Waals surface area contributed by atoms with Crippen LogP contribution in [0.4, 0.5) is 0 Å². The van der Waals surface area contributed by atoms with Crippen molar-refractivity contribution in [2.45, 2.75) is 51.1 Å². The van der Waals surface area contributed by atoms with Gasteiger partial charge in [-0.2, -0.15) is 10.1 Å². The lowest BCUT2D eigenvalue weighted by atomic mass is 10.1. The molecule has 130 valence electrons. The predicted octanol–water partition coefficient (Wildman–Crippen LogP) is 2.14. The third-order valence-electron chi connectivity index (χ3n) is 4.84. The molecule has 1 unspecified atom stereocenters. The van der Waals surface area contributed by atoms with Crippen molar-refractivity contribution < 1.29 is 4.52 Å². The number of likely N-dealkylation sites (N-methyl/N-ethyl adjacent to an activating group) is 1. The smallest absolute Gasteiger partial charge is 0.278 e. The van der Waals surface area contributed by atoms with Gasteiger partial charge in [-0.25, -0.2) is 0 Å². The second-order valence-corrected chi connectivity index (χ2v) is 7.97. The quantitative estimate of drug-likeness (QED) is 0.930. The topological polar surface area (TPSA) is 72.0 Å². The van der Waals surface area contributed by atoms with Crippen molar-refractivity contribution in [2.24, 2.45) is 0 Å². The average Bonchev–Trinajstić information content (AvgIpc) is 3.09. The van der Waals surface area contributed by atoms with Gasteiger partial charge in [0.25, 0.3) is 5.89 Å². The second kappa shape index (κ2) is 5.67. The largest absolute Gasteiger partial charge is 0.332 e. The van der Waals surface area contributed by atoms with Crippen LogP contribution in [0.2, 0.25) is 0 Å². The molecule has 4 rings (SSSR count). The first-order valence-corrected chi connectivity index (χ1v) is 8.79. The maximum Gasteiger partial charge on any atom is 0.278 e. The monoisotopic (exact) mass is 330 g/mol. The number of hydrogen-bond donors (Lipinski definition) is 1. The van der Waals surface area contributed by atoms with Gasteiger partial charge >= 0.3 is 0 Å². The Hall–Kier alpha value is -1.73. The van der Waals surface area contributed by atoms with Crippen molar-refractivity contribution in [1.82, 2.24) is 30.1 Å². The summed E-state index contributed by atoms with van der Waals surface area (Å²) in [5.41, 5.74) is 2.03. The molecule has 0 amide bonds. The number of aromatic nitrogens is 4. The Morgan fingerprint density at radius 3 is 2.75 bits per heavy atom. The van der Waals surface area contributed by atoms with Crippen LogP contribution in [-0.2, 0) is 5.54 Å². The molecule has 1 aliphatic heterocycles. The van der Waals surface area contributed by atoms with Crippen LogP contribution in [-0.4, -0.2) is 51.5 Å². The summed E-state index contributed by atoms with van der Waals surface area (Å²) in [4.78, 5) is 6.89. The minimum Gasteiger partial charge on any atom is -0.332 e. The predicted molar refractivity (Wildman–Crippen MR) is 90.7 cm³/mol. The Bertz CT molecular complexity index is 724. The fraction of sp³-hybridized carbons (Fsp3) is 0.706. The van der Waals surface area contributed by atoms with Gasteiger partial charge in [-0.15, -0.1) is 0 Å². The number of nitrogens with zero attached hydrogens (tertiary/aromatic N) is 5. The van der Waals surface area contributed by atoms with Gasteiger partial charge in [0.05, 0.1) is 11.6 Å². The molecule has 1 saturated carbocycles. The molecule has 2 aromatic rings. The minimum atomic E-state index is -0.0491. The highest BCUT2D eigenvalue weighted by atomic mass is 16.5. The highest BCUT2D eigenvalue weighted by molar-refractivity contribution is 5.48. The Morgan fingerprint density at radius 1 is 1.29 bits per heavy atom. The van der Waals surface area contributed by atoms with Gasteiger partial charge in [0, 0.05) is 31.2 Å². The van der Waals surface area contributed by atoms with E-state index in [-0.39, 0.29) is 11.6 Å². The average molecular weight is 330 g/mol. The van der Waals surface area contributed by atoms with Gasteiger partial charge in [0.2, 0.25) is 0 Å². The SMILES string of the molecule is CN1CCNCC1c1noc(-c2cc(C3CC3)n(C(C)(C)C)n2)n1. The van der Waals surface area contributed by atoms with E-state index < -0.39 is 0 Å². The molecule has 7 heteroatoms. The summed E-state index contributed by atoms with van der Waals surface area (Å²) in [6.45, 7) is 9.36. The fourth-order valence-electron chi connectivity index (χ4n) is 3.28. The third kappa shape index (κ3) is 2.86. The van der Waals surface area contributed by atoms with Crippen molar-refractivity contribution in [3.05, 3.63) is 17.6 Å². The van der Waals surface area contributed by atoms with E-state index in [0.717, 1.165) is 31.2 Å². The first kappa shape index (κ1) is 15.8. The van der Waals surface area contributed by atoms with Crippen molar-refractivity contribution in [3.63, 3.8) is 0 Å². The molecule has 1 atom stereocenters. The molecule has 0 radical (unpaired) electrons. The summed E-state index contributed by atoms with van der Waals surface area (Å²) in [5, 5.41) is 12.4. The van der Waals surface area contributed by atoms with Crippen LogP contribution < -0.4 is 5.32 Å². The molecule has 0 spiro atoms. The molecule has 3 heterocycles. The summed E-state index contributed by atoms with van der Waals surface area (Å²) >= 11 is 0. The maximum absolute atomic E-state index is 5.54. The van der Waals surface area contributed by atoms with Gasteiger partial charge < -0.3 is 9.84 Å². The number of nitrogens with one attached hydrogen (secondary N) is 1. The molecule has 2 aliphatic rings. The molecular formula is C17H26N6O. The second-order valence-electron chi connectivity index (χ2n) is 7.97. The first-order valence-electron chi connectivity index (χ1n) is 8.79. The van der Waals surface area contributed by atoms with Gasteiger partial charge in [-0.1, -0.05) is 5.16 Å². The molecule has 0 aromatic carbocycles. The van der Waals surface area contributed by atoms with Crippen molar-refractivity contribution >= 4 is 0 Å². The lowest BCUT2D eigenvalue weighted by Gasteiger charge is -2.30. The van der Waals surface area contributed by atoms with E-state index in [1.807, 2.05) is 0 Å². The van der Waals surface area contributed by atoms with E-state index in [4.69, 9.17) is 9.62 Å². The molecule has 2 aromatic heterocycles. The molecule has 7 nitrogen and oxygen atoms in total. The Morgan fingerprint density at radius 2 is 2.08 bits per heavy atom. The van der Waals surface area contributed by atoms with Crippen LogP contribution in [0.3, 0.4) is 0 Å². The summed E-state index contributed by atoms with van der Waals surface area (Å²) in [6, 6.07) is 2.28. The standard InChI is InChI=1S/C17H26N6O/c1-17(2,3)23-13(11-5-6-11)9-12(20-23)16-19-15(21-24-16)14-10-18-7-8-22(14)4/h9,11,14,18H,5-8,10H2,1-4H3. The fourth-order valence-corrected chi connectivity index (χ4v) is 3.28. The van der Waals surface area contributed by atoms with Crippen LogP contribution in [0.15, 0.2) is 10.6 Å². The number of rotatable bonds is 3. The highest BCUT2D eigenvalue weighted by Crippen LogP contribution is 2.42. The summed E-state index contributed by atoms with van der Waals surface area (Å²) < 4.78 is 7.67. The molecule has 0 bridgehead atoms. The van der Waals surface area contributed by atoms with Gasteiger partial charge in [0.15, 0.2) is 11.5 Å². The van der Waals surface area contributed by atoms with E-state index in [0.29, 0.717) is 11.8 Å². The Kier molecular flexibility index (Phi) is 3.73. The third-order valence-corrected chi connectivity index (χ3v) is 4.84. The number of hydrogen-bond acceptors (Lipinski definition) is 6.